The Balaban J connectivity index is 2.39. The minimum absolute atomic E-state index is 0.129. The summed E-state index contributed by atoms with van der Waals surface area (Å²) in [6.45, 7) is 8.65. The van der Waals surface area contributed by atoms with Gasteiger partial charge in [-0.05, 0) is 0 Å². The average Bonchev–Trinajstić information content (AvgIpc) is 2.80. The van der Waals surface area contributed by atoms with E-state index in [2.05, 4.69) is 23.8 Å². The first-order valence-corrected chi connectivity index (χ1v) is 7.85. The lowest BCUT2D eigenvalue weighted by molar-refractivity contribution is 0.617. The molecule has 0 amide bonds. The Kier molecular flexibility index (Phi) is 4.60. The molecule has 0 aromatic carbocycles. The van der Waals surface area contributed by atoms with Gasteiger partial charge in [-0.2, -0.15) is 0 Å². The fourth-order valence-electron chi connectivity index (χ4n) is 1.92. The minimum atomic E-state index is -0.132. The van der Waals surface area contributed by atoms with Gasteiger partial charge in [0.25, 0.3) is 5.56 Å². The van der Waals surface area contributed by atoms with Crippen LogP contribution in [0.4, 0.5) is 0 Å². The van der Waals surface area contributed by atoms with E-state index in [0.29, 0.717) is 18.3 Å². The molecule has 0 spiro atoms. The predicted octanol–water partition coefficient (Wildman–Crippen LogP) is 3.65. The van der Waals surface area contributed by atoms with Gasteiger partial charge in [0.05, 0.1) is 17.2 Å². The Hall–Kier alpha value is -1.20. The van der Waals surface area contributed by atoms with Crippen LogP contribution in [-0.2, 0) is 6.54 Å². The number of nitrogens with zero attached hydrogens (tertiary/aromatic N) is 3. The van der Waals surface area contributed by atoms with Crippen molar-refractivity contribution in [2.45, 2.75) is 46.1 Å². The predicted molar refractivity (Wildman–Crippen MR) is 82.9 cm³/mol. The van der Waals surface area contributed by atoms with Gasteiger partial charge in [-0.15, -0.1) is 11.3 Å². The molecule has 0 bridgehead atoms. The van der Waals surface area contributed by atoms with E-state index in [-0.39, 0.29) is 16.6 Å². The number of aromatic nitrogens is 3. The molecule has 0 saturated carbocycles. The molecule has 0 aliphatic carbocycles. The van der Waals surface area contributed by atoms with Crippen molar-refractivity contribution in [2.24, 2.45) is 0 Å². The van der Waals surface area contributed by atoms with Crippen molar-refractivity contribution in [1.82, 2.24) is 14.5 Å². The standard InChI is InChI=1S/C14H18ClN3OS/c1-8(2)13-17-11(15)5-12(19)18(13)6-10-7-20-14(16-10)9(3)4/h5,7-9H,6H2,1-4H3. The van der Waals surface area contributed by atoms with Crippen LogP contribution >= 0.6 is 22.9 Å². The van der Waals surface area contributed by atoms with Crippen LogP contribution < -0.4 is 5.56 Å². The topological polar surface area (TPSA) is 47.8 Å². The average molecular weight is 312 g/mol. The van der Waals surface area contributed by atoms with Gasteiger partial charge in [0, 0.05) is 23.3 Å². The molecule has 6 heteroatoms. The van der Waals surface area contributed by atoms with E-state index in [1.807, 2.05) is 19.2 Å². The molecule has 0 atom stereocenters. The zero-order valence-electron chi connectivity index (χ0n) is 12.1. The minimum Gasteiger partial charge on any atom is -0.290 e. The van der Waals surface area contributed by atoms with Crippen LogP contribution in [0.5, 0.6) is 0 Å². The lowest BCUT2D eigenvalue weighted by Gasteiger charge is -2.13. The summed E-state index contributed by atoms with van der Waals surface area (Å²) in [6, 6.07) is 1.35. The molecule has 2 aromatic rings. The fraction of sp³-hybridized carbons (Fsp3) is 0.500. The molecule has 0 saturated heterocycles. The molecule has 0 aliphatic rings. The van der Waals surface area contributed by atoms with Gasteiger partial charge < -0.3 is 0 Å². The van der Waals surface area contributed by atoms with E-state index in [1.165, 1.54) is 6.07 Å². The molecule has 0 aliphatic heterocycles. The first kappa shape index (κ1) is 15.2. The lowest BCUT2D eigenvalue weighted by Crippen LogP contribution is -2.26. The number of halogens is 1. The van der Waals surface area contributed by atoms with E-state index in [4.69, 9.17) is 11.6 Å². The summed E-state index contributed by atoms with van der Waals surface area (Å²) in [5.41, 5.74) is 0.764. The lowest BCUT2D eigenvalue weighted by atomic mass is 10.2. The highest BCUT2D eigenvalue weighted by Crippen LogP contribution is 2.20. The second-order valence-corrected chi connectivity index (χ2v) is 6.62. The molecular weight excluding hydrogens is 294 g/mol. The largest absolute Gasteiger partial charge is 0.290 e. The fourth-order valence-corrected chi connectivity index (χ4v) is 2.92. The first-order valence-electron chi connectivity index (χ1n) is 6.60. The van der Waals surface area contributed by atoms with Gasteiger partial charge >= 0.3 is 0 Å². The Morgan fingerprint density at radius 2 is 1.95 bits per heavy atom. The maximum atomic E-state index is 12.1. The molecule has 0 radical (unpaired) electrons. The van der Waals surface area contributed by atoms with Crippen molar-refractivity contribution in [3.8, 4) is 0 Å². The second-order valence-electron chi connectivity index (χ2n) is 5.35. The van der Waals surface area contributed by atoms with Crippen molar-refractivity contribution in [3.05, 3.63) is 43.5 Å². The zero-order valence-corrected chi connectivity index (χ0v) is 13.6. The van der Waals surface area contributed by atoms with E-state index in [9.17, 15) is 4.79 Å². The summed E-state index contributed by atoms with van der Waals surface area (Å²) in [6.07, 6.45) is 0. The van der Waals surface area contributed by atoms with Gasteiger partial charge in [-0.3, -0.25) is 9.36 Å². The van der Waals surface area contributed by atoms with Crippen LogP contribution in [-0.4, -0.2) is 14.5 Å². The molecule has 20 heavy (non-hydrogen) atoms. The third kappa shape index (κ3) is 3.27. The Labute approximate surface area is 127 Å². The van der Waals surface area contributed by atoms with Gasteiger partial charge in [0.15, 0.2) is 0 Å². The first-order chi connectivity index (χ1) is 9.38. The van der Waals surface area contributed by atoms with Crippen molar-refractivity contribution >= 4 is 22.9 Å². The summed E-state index contributed by atoms with van der Waals surface area (Å²) in [4.78, 5) is 21.0. The van der Waals surface area contributed by atoms with Crippen LogP contribution in [0.15, 0.2) is 16.2 Å². The number of hydrogen-bond donors (Lipinski definition) is 0. The van der Waals surface area contributed by atoms with Crippen LogP contribution in [0.3, 0.4) is 0 Å². The smallest absolute Gasteiger partial charge is 0.255 e. The van der Waals surface area contributed by atoms with Crippen molar-refractivity contribution in [3.63, 3.8) is 0 Å². The zero-order chi connectivity index (χ0) is 14.9. The SMILES string of the molecule is CC(C)c1nc(Cn2c(C(C)C)nc(Cl)cc2=O)cs1. The van der Waals surface area contributed by atoms with Crippen molar-refractivity contribution in [1.29, 1.82) is 0 Å². The number of hydrogen-bond acceptors (Lipinski definition) is 4. The Morgan fingerprint density at radius 3 is 2.50 bits per heavy atom. The maximum Gasteiger partial charge on any atom is 0.255 e. The summed E-state index contributed by atoms with van der Waals surface area (Å²) in [7, 11) is 0. The highest BCUT2D eigenvalue weighted by molar-refractivity contribution is 7.09. The van der Waals surface area contributed by atoms with Gasteiger partial charge in [-0.1, -0.05) is 39.3 Å². The summed E-state index contributed by atoms with van der Waals surface area (Å²) in [5.74, 6) is 1.23. The highest BCUT2D eigenvalue weighted by atomic mass is 35.5. The number of thiazole rings is 1. The third-order valence-electron chi connectivity index (χ3n) is 2.91. The summed E-state index contributed by atoms with van der Waals surface area (Å²) >= 11 is 7.50. The quantitative estimate of drug-likeness (QED) is 0.810. The van der Waals surface area contributed by atoms with E-state index in [1.54, 1.807) is 15.9 Å². The molecule has 2 rings (SSSR count). The molecule has 2 heterocycles. The molecular formula is C14H18ClN3OS. The molecule has 2 aromatic heterocycles. The summed E-state index contributed by atoms with van der Waals surface area (Å²) in [5, 5.41) is 3.33. The molecule has 0 N–H and O–H groups in total. The Morgan fingerprint density at radius 1 is 1.25 bits per heavy atom. The van der Waals surface area contributed by atoms with Crippen LogP contribution in [0.25, 0.3) is 0 Å². The maximum absolute atomic E-state index is 12.1. The number of rotatable bonds is 4. The normalized spacial score (nSPS) is 11.6. The van der Waals surface area contributed by atoms with Crippen molar-refractivity contribution in [2.75, 3.05) is 0 Å². The van der Waals surface area contributed by atoms with E-state index >= 15 is 0 Å². The Bertz CT molecular complexity index is 661. The molecule has 108 valence electrons. The second kappa shape index (κ2) is 6.06. The van der Waals surface area contributed by atoms with Crippen LogP contribution in [0, 0.1) is 0 Å². The van der Waals surface area contributed by atoms with Gasteiger partial charge in [0.2, 0.25) is 0 Å². The summed E-state index contributed by atoms with van der Waals surface area (Å²) < 4.78 is 1.65. The van der Waals surface area contributed by atoms with Crippen LogP contribution in [0.1, 0.15) is 56.1 Å². The molecule has 0 unspecified atom stereocenters. The molecule has 0 fully saturated rings. The van der Waals surface area contributed by atoms with Crippen molar-refractivity contribution < 1.29 is 0 Å². The molecule has 4 nitrogen and oxygen atoms in total. The third-order valence-corrected chi connectivity index (χ3v) is 4.29. The van der Waals surface area contributed by atoms with Gasteiger partial charge in [-0.25, -0.2) is 9.97 Å². The van der Waals surface area contributed by atoms with Crippen LogP contribution in [0.2, 0.25) is 5.15 Å². The van der Waals surface area contributed by atoms with E-state index < -0.39 is 0 Å². The van der Waals surface area contributed by atoms with Gasteiger partial charge in [0.1, 0.15) is 11.0 Å². The monoisotopic (exact) mass is 311 g/mol. The highest BCUT2D eigenvalue weighted by Gasteiger charge is 2.14. The van der Waals surface area contributed by atoms with E-state index in [0.717, 1.165) is 10.7 Å².